The molecule has 2 nitrogen and oxygen atoms in total. The fourth-order valence-electron chi connectivity index (χ4n) is 1.64. The lowest BCUT2D eigenvalue weighted by Gasteiger charge is -2.33. The monoisotopic (exact) mass is 174 g/mol. The molecule has 0 aromatic rings. The van der Waals surface area contributed by atoms with Crippen molar-refractivity contribution in [3.05, 3.63) is 0 Å². The Bertz CT molecular complexity index is 134. The van der Waals surface area contributed by atoms with Crippen molar-refractivity contribution < 1.29 is 4.39 Å². The molecule has 0 bridgehead atoms. The molecular weight excluding hydrogens is 155 g/mol. The number of alkyl halides is 1. The van der Waals surface area contributed by atoms with Crippen LogP contribution in [0.3, 0.4) is 0 Å². The van der Waals surface area contributed by atoms with E-state index in [1.165, 1.54) is 0 Å². The molecular formula is C9H19FN2. The zero-order valence-electron chi connectivity index (χ0n) is 8.02. The molecule has 1 rings (SSSR count). The van der Waals surface area contributed by atoms with Crippen LogP contribution in [0.1, 0.15) is 26.7 Å². The van der Waals surface area contributed by atoms with Crippen LogP contribution in [0, 0.1) is 0 Å². The Hall–Kier alpha value is -0.150. The number of piperidine rings is 1. The lowest BCUT2D eigenvalue weighted by Crippen LogP contribution is -2.44. The predicted molar refractivity (Wildman–Crippen MR) is 48.8 cm³/mol. The summed E-state index contributed by atoms with van der Waals surface area (Å²) in [5.41, 5.74) is 4.67. The second kappa shape index (κ2) is 3.71. The minimum absolute atomic E-state index is 0.337. The van der Waals surface area contributed by atoms with Gasteiger partial charge in [-0.25, -0.2) is 4.39 Å². The molecule has 1 aliphatic heterocycles. The average Bonchev–Trinajstić information content (AvgIpc) is 1.91. The SMILES string of the molecule is CC(C)(F)CN1CCC(N)CC1. The number of hydrogen-bond acceptors (Lipinski definition) is 2. The van der Waals surface area contributed by atoms with E-state index < -0.39 is 5.67 Å². The highest BCUT2D eigenvalue weighted by Crippen LogP contribution is 2.15. The van der Waals surface area contributed by atoms with Crippen LogP contribution in [0.15, 0.2) is 0 Å². The molecule has 0 aromatic carbocycles. The fourth-order valence-corrected chi connectivity index (χ4v) is 1.64. The molecule has 1 heterocycles. The van der Waals surface area contributed by atoms with Crippen molar-refractivity contribution in [1.29, 1.82) is 0 Å². The van der Waals surface area contributed by atoms with Crippen molar-refractivity contribution in [3.8, 4) is 0 Å². The number of likely N-dealkylation sites (tertiary alicyclic amines) is 1. The molecule has 0 aromatic heterocycles. The zero-order chi connectivity index (χ0) is 9.19. The van der Waals surface area contributed by atoms with Crippen LogP contribution < -0.4 is 5.73 Å². The van der Waals surface area contributed by atoms with Crippen LogP contribution in [-0.2, 0) is 0 Å². The maximum absolute atomic E-state index is 13.2. The quantitative estimate of drug-likeness (QED) is 0.680. The number of rotatable bonds is 2. The van der Waals surface area contributed by atoms with Gasteiger partial charge in [0.15, 0.2) is 0 Å². The van der Waals surface area contributed by atoms with Crippen molar-refractivity contribution in [2.24, 2.45) is 5.73 Å². The summed E-state index contributed by atoms with van der Waals surface area (Å²) in [6, 6.07) is 0.337. The van der Waals surface area contributed by atoms with Crippen LogP contribution in [-0.4, -0.2) is 36.2 Å². The van der Waals surface area contributed by atoms with Gasteiger partial charge in [-0.05, 0) is 39.8 Å². The van der Waals surface area contributed by atoms with Crippen molar-refractivity contribution in [1.82, 2.24) is 4.90 Å². The summed E-state index contributed by atoms with van der Waals surface area (Å²) in [6.07, 6.45) is 2.02. The largest absolute Gasteiger partial charge is 0.328 e. The molecule has 3 heteroatoms. The molecule has 0 aliphatic carbocycles. The summed E-state index contributed by atoms with van der Waals surface area (Å²) in [7, 11) is 0. The summed E-state index contributed by atoms with van der Waals surface area (Å²) in [5.74, 6) is 0. The van der Waals surface area contributed by atoms with E-state index in [1.54, 1.807) is 13.8 Å². The first kappa shape index (κ1) is 9.93. The van der Waals surface area contributed by atoms with Gasteiger partial charge in [-0.3, -0.25) is 0 Å². The molecule has 1 saturated heterocycles. The van der Waals surface area contributed by atoms with Gasteiger partial charge in [-0.2, -0.15) is 0 Å². The van der Waals surface area contributed by atoms with E-state index in [2.05, 4.69) is 4.90 Å². The second-order valence-electron chi connectivity index (χ2n) is 4.33. The Morgan fingerprint density at radius 1 is 1.42 bits per heavy atom. The summed E-state index contributed by atoms with van der Waals surface area (Å²) < 4.78 is 13.2. The van der Waals surface area contributed by atoms with E-state index in [9.17, 15) is 4.39 Å². The summed E-state index contributed by atoms with van der Waals surface area (Å²) in [5, 5.41) is 0. The van der Waals surface area contributed by atoms with Gasteiger partial charge in [0.25, 0.3) is 0 Å². The van der Waals surface area contributed by atoms with Crippen LogP contribution in [0.4, 0.5) is 4.39 Å². The molecule has 0 radical (unpaired) electrons. The number of nitrogens with zero attached hydrogens (tertiary/aromatic N) is 1. The van der Waals surface area contributed by atoms with E-state index in [1.807, 2.05) is 0 Å². The molecule has 0 saturated carbocycles. The molecule has 1 fully saturated rings. The van der Waals surface area contributed by atoms with Gasteiger partial charge in [-0.1, -0.05) is 0 Å². The molecule has 0 amide bonds. The highest BCUT2D eigenvalue weighted by Gasteiger charge is 2.23. The molecule has 0 unspecified atom stereocenters. The molecule has 1 aliphatic rings. The van der Waals surface area contributed by atoms with Gasteiger partial charge >= 0.3 is 0 Å². The Balaban J connectivity index is 2.26. The van der Waals surface area contributed by atoms with E-state index in [0.29, 0.717) is 12.6 Å². The Morgan fingerprint density at radius 2 is 1.92 bits per heavy atom. The molecule has 12 heavy (non-hydrogen) atoms. The van der Waals surface area contributed by atoms with Crippen LogP contribution >= 0.6 is 0 Å². The molecule has 0 spiro atoms. The van der Waals surface area contributed by atoms with Gasteiger partial charge in [0.05, 0.1) is 0 Å². The number of halogens is 1. The van der Waals surface area contributed by atoms with Gasteiger partial charge < -0.3 is 10.6 Å². The second-order valence-corrected chi connectivity index (χ2v) is 4.33. The number of hydrogen-bond donors (Lipinski definition) is 1. The first-order valence-electron chi connectivity index (χ1n) is 4.64. The predicted octanol–water partition coefficient (Wildman–Crippen LogP) is 1.16. The minimum atomic E-state index is -1.07. The molecule has 72 valence electrons. The van der Waals surface area contributed by atoms with E-state index >= 15 is 0 Å². The summed E-state index contributed by atoms with van der Waals surface area (Å²) in [6.45, 7) is 5.70. The zero-order valence-corrected chi connectivity index (χ0v) is 8.02. The fraction of sp³-hybridized carbons (Fsp3) is 1.00. The summed E-state index contributed by atoms with van der Waals surface area (Å²) in [4.78, 5) is 2.16. The van der Waals surface area contributed by atoms with Crippen molar-refractivity contribution in [3.63, 3.8) is 0 Å². The van der Waals surface area contributed by atoms with Gasteiger partial charge in [0, 0.05) is 12.6 Å². The number of nitrogens with two attached hydrogens (primary N) is 1. The third-order valence-corrected chi connectivity index (χ3v) is 2.23. The molecule has 0 atom stereocenters. The topological polar surface area (TPSA) is 29.3 Å². The first-order valence-corrected chi connectivity index (χ1v) is 4.64. The first-order chi connectivity index (χ1) is 5.47. The van der Waals surface area contributed by atoms with Crippen molar-refractivity contribution in [2.75, 3.05) is 19.6 Å². The maximum Gasteiger partial charge on any atom is 0.118 e. The van der Waals surface area contributed by atoms with Gasteiger partial charge in [-0.15, -0.1) is 0 Å². The smallest absolute Gasteiger partial charge is 0.118 e. The molecule has 2 N–H and O–H groups in total. The van der Waals surface area contributed by atoms with Crippen LogP contribution in [0.2, 0.25) is 0 Å². The van der Waals surface area contributed by atoms with Crippen LogP contribution in [0.25, 0.3) is 0 Å². The third kappa shape index (κ3) is 3.50. The van der Waals surface area contributed by atoms with Crippen LogP contribution in [0.5, 0.6) is 0 Å². The van der Waals surface area contributed by atoms with Gasteiger partial charge in [0.2, 0.25) is 0 Å². The third-order valence-electron chi connectivity index (χ3n) is 2.23. The highest BCUT2D eigenvalue weighted by atomic mass is 19.1. The summed E-state index contributed by atoms with van der Waals surface area (Å²) >= 11 is 0. The Labute approximate surface area is 73.9 Å². The van der Waals surface area contributed by atoms with E-state index in [-0.39, 0.29) is 0 Å². The van der Waals surface area contributed by atoms with E-state index in [4.69, 9.17) is 5.73 Å². The normalized spacial score (nSPS) is 23.0. The lowest BCUT2D eigenvalue weighted by molar-refractivity contribution is 0.106. The Morgan fingerprint density at radius 3 is 2.33 bits per heavy atom. The lowest BCUT2D eigenvalue weighted by atomic mass is 10.0. The highest BCUT2D eigenvalue weighted by molar-refractivity contribution is 4.79. The van der Waals surface area contributed by atoms with E-state index in [0.717, 1.165) is 25.9 Å². The standard InChI is InChI=1S/C9H19FN2/c1-9(2,10)7-12-5-3-8(11)4-6-12/h8H,3-7,11H2,1-2H3. The van der Waals surface area contributed by atoms with Gasteiger partial charge in [0.1, 0.15) is 5.67 Å². The Kier molecular flexibility index (Phi) is 3.07. The minimum Gasteiger partial charge on any atom is -0.328 e. The van der Waals surface area contributed by atoms with Crippen molar-refractivity contribution >= 4 is 0 Å². The van der Waals surface area contributed by atoms with Crippen molar-refractivity contribution in [2.45, 2.75) is 38.4 Å². The average molecular weight is 174 g/mol. The maximum atomic E-state index is 13.2.